The Bertz CT molecular complexity index is 2800. The fraction of sp³-hybridized carbons (Fsp3) is 0. The van der Waals surface area contributed by atoms with Gasteiger partial charge in [0.05, 0.1) is 0 Å². The van der Waals surface area contributed by atoms with Crippen LogP contribution in [0.4, 0.5) is 0 Å². The van der Waals surface area contributed by atoms with Crippen molar-refractivity contribution >= 4 is 61.0 Å². The molecular formula is C49H33N3. The van der Waals surface area contributed by atoms with Gasteiger partial charge in [0.2, 0.25) is 0 Å². The van der Waals surface area contributed by atoms with Gasteiger partial charge >= 0.3 is 0 Å². The molecule has 0 amide bonds. The van der Waals surface area contributed by atoms with Crippen LogP contribution in [0.25, 0.3) is 65.3 Å². The first-order valence-corrected chi connectivity index (χ1v) is 17.5. The van der Waals surface area contributed by atoms with Gasteiger partial charge in [-0.2, -0.15) is 0 Å². The molecule has 0 fully saturated rings. The van der Waals surface area contributed by atoms with E-state index in [-0.39, 0.29) is 5.84 Å². The fourth-order valence-corrected chi connectivity index (χ4v) is 7.29. The molecule has 0 unspecified atom stereocenters. The van der Waals surface area contributed by atoms with Crippen molar-refractivity contribution in [3.05, 3.63) is 205 Å². The van der Waals surface area contributed by atoms with Crippen molar-refractivity contribution in [3.8, 4) is 22.3 Å². The zero-order chi connectivity index (χ0) is 34.9. The molecule has 9 aromatic carbocycles. The number of hydrogen-bond donors (Lipinski definition) is 1. The summed E-state index contributed by atoms with van der Waals surface area (Å²) in [6, 6.07) is 65.4. The van der Waals surface area contributed by atoms with Crippen LogP contribution in [0.5, 0.6) is 0 Å². The van der Waals surface area contributed by atoms with E-state index in [9.17, 15) is 0 Å². The van der Waals surface area contributed by atoms with E-state index in [0.29, 0.717) is 5.84 Å². The highest BCUT2D eigenvalue weighted by molar-refractivity contribution is 6.26. The first-order chi connectivity index (χ1) is 25.7. The molecule has 0 aliphatic carbocycles. The molecule has 0 aromatic heterocycles. The van der Waals surface area contributed by atoms with Gasteiger partial charge in [-0.05, 0) is 77.0 Å². The molecule has 1 N–H and O–H groups in total. The lowest BCUT2D eigenvalue weighted by Gasteiger charge is -2.16. The molecule has 3 heteroatoms. The zero-order valence-electron chi connectivity index (χ0n) is 28.4. The van der Waals surface area contributed by atoms with Crippen LogP contribution in [0.1, 0.15) is 16.7 Å². The molecule has 9 rings (SSSR count). The number of rotatable bonds is 5. The molecule has 0 saturated carbocycles. The van der Waals surface area contributed by atoms with Crippen LogP contribution in [0.2, 0.25) is 0 Å². The number of nitrogens with one attached hydrogen (secondary N) is 1. The Labute approximate surface area is 302 Å². The summed E-state index contributed by atoms with van der Waals surface area (Å²) in [7, 11) is 0. The number of fused-ring (bicyclic) bond motifs is 7. The van der Waals surface area contributed by atoms with E-state index < -0.39 is 0 Å². The highest BCUT2D eigenvalue weighted by Gasteiger charge is 2.16. The lowest BCUT2D eigenvalue weighted by atomic mass is 9.87. The molecule has 3 nitrogen and oxygen atoms in total. The number of hydrogen-bond acceptors (Lipinski definition) is 1. The molecule has 0 saturated heterocycles. The summed E-state index contributed by atoms with van der Waals surface area (Å²) < 4.78 is 0. The van der Waals surface area contributed by atoms with Gasteiger partial charge in [0.25, 0.3) is 0 Å². The highest BCUT2D eigenvalue weighted by Crippen LogP contribution is 2.42. The van der Waals surface area contributed by atoms with Gasteiger partial charge in [0, 0.05) is 17.3 Å². The fourth-order valence-electron chi connectivity index (χ4n) is 7.29. The maximum atomic E-state index is 8.77. The van der Waals surface area contributed by atoms with Crippen molar-refractivity contribution in [1.29, 1.82) is 5.41 Å². The summed E-state index contributed by atoms with van der Waals surface area (Å²) >= 11 is 0. The van der Waals surface area contributed by atoms with Crippen LogP contribution in [0.3, 0.4) is 0 Å². The Balaban J connectivity index is 1.19. The monoisotopic (exact) mass is 663 g/mol. The van der Waals surface area contributed by atoms with E-state index in [1.807, 2.05) is 60.7 Å². The van der Waals surface area contributed by atoms with Crippen molar-refractivity contribution in [1.82, 2.24) is 0 Å². The Morgan fingerprint density at radius 2 is 0.962 bits per heavy atom. The number of nitrogens with zero attached hydrogens (tertiary/aromatic N) is 2. The molecule has 0 spiro atoms. The van der Waals surface area contributed by atoms with Crippen LogP contribution in [0.15, 0.2) is 198 Å². The summed E-state index contributed by atoms with van der Waals surface area (Å²) in [4.78, 5) is 9.53. The molecule has 9 aromatic rings. The first kappa shape index (κ1) is 31.0. The van der Waals surface area contributed by atoms with Crippen molar-refractivity contribution in [2.75, 3.05) is 0 Å². The smallest absolute Gasteiger partial charge is 0.161 e. The molecule has 0 heterocycles. The van der Waals surface area contributed by atoms with Gasteiger partial charge < -0.3 is 0 Å². The Morgan fingerprint density at radius 3 is 1.63 bits per heavy atom. The van der Waals surface area contributed by atoms with Gasteiger partial charge in [-0.3, -0.25) is 5.41 Å². The van der Waals surface area contributed by atoms with Crippen molar-refractivity contribution in [2.45, 2.75) is 0 Å². The number of benzene rings is 9. The molecule has 0 radical (unpaired) electrons. The molecule has 244 valence electrons. The second kappa shape index (κ2) is 13.4. The average Bonchev–Trinajstić information content (AvgIpc) is 3.22. The predicted octanol–water partition coefficient (Wildman–Crippen LogP) is 12.5. The van der Waals surface area contributed by atoms with Gasteiger partial charge in [0.15, 0.2) is 11.7 Å². The minimum atomic E-state index is 0.165. The van der Waals surface area contributed by atoms with E-state index in [1.165, 1.54) is 59.8 Å². The molecule has 0 aliphatic rings. The normalized spacial score (nSPS) is 12.0. The Hall–Kier alpha value is -6.97. The van der Waals surface area contributed by atoms with Crippen LogP contribution in [0, 0.1) is 5.41 Å². The Morgan fingerprint density at radius 1 is 0.423 bits per heavy atom. The van der Waals surface area contributed by atoms with Gasteiger partial charge in [0.1, 0.15) is 0 Å². The predicted molar refractivity (Wildman–Crippen MR) is 221 cm³/mol. The standard InChI is InChI=1S/C49H33N3/c50-48(36-16-5-2-6-17-36)52-49(51-32-33-13-3-1-4-14-33)37-25-23-35(24-26-37)47-39-18-8-7-15-34(39)27-29-40(47)38-28-30-45-43-21-10-9-19-41(43)42-20-11-12-22-44(42)46(45)31-38/h1-32,50H. The van der Waals surface area contributed by atoms with Crippen LogP contribution >= 0.6 is 0 Å². The second-order valence-electron chi connectivity index (χ2n) is 13.0. The van der Waals surface area contributed by atoms with Crippen LogP contribution in [-0.4, -0.2) is 17.9 Å². The average molecular weight is 664 g/mol. The van der Waals surface area contributed by atoms with Gasteiger partial charge in [-0.15, -0.1) is 0 Å². The third kappa shape index (κ3) is 5.74. The van der Waals surface area contributed by atoms with Crippen LogP contribution in [-0.2, 0) is 0 Å². The van der Waals surface area contributed by atoms with Crippen molar-refractivity contribution in [3.63, 3.8) is 0 Å². The Kier molecular flexibility index (Phi) is 7.99. The molecule has 0 atom stereocenters. The SMILES string of the molecule is N=C(N=C(N=Cc1ccccc1)c1ccc(-c2c(-c3ccc4c5ccccc5c5ccccc5c4c3)ccc3ccccc23)cc1)c1ccccc1. The van der Waals surface area contributed by atoms with E-state index in [2.05, 4.69) is 127 Å². The quantitative estimate of drug-likeness (QED) is 0.108. The summed E-state index contributed by atoms with van der Waals surface area (Å²) in [6.45, 7) is 0. The minimum absolute atomic E-state index is 0.165. The lowest BCUT2D eigenvalue weighted by molar-refractivity contribution is 1.40. The largest absolute Gasteiger partial charge is 0.282 e. The number of aliphatic imine (C=N–C) groups is 2. The summed E-state index contributed by atoms with van der Waals surface area (Å²) in [5.74, 6) is 0.647. The van der Waals surface area contributed by atoms with E-state index >= 15 is 0 Å². The molecular weight excluding hydrogens is 631 g/mol. The highest BCUT2D eigenvalue weighted by atomic mass is 14.9. The lowest BCUT2D eigenvalue weighted by Crippen LogP contribution is -2.04. The van der Waals surface area contributed by atoms with Crippen molar-refractivity contribution in [2.24, 2.45) is 9.98 Å². The molecule has 0 bridgehead atoms. The van der Waals surface area contributed by atoms with E-state index in [1.54, 1.807) is 6.21 Å². The van der Waals surface area contributed by atoms with Gasteiger partial charge in [-0.25, -0.2) is 9.98 Å². The third-order valence-corrected chi connectivity index (χ3v) is 9.82. The van der Waals surface area contributed by atoms with Crippen LogP contribution < -0.4 is 0 Å². The summed E-state index contributed by atoms with van der Waals surface area (Å²) in [6.07, 6.45) is 1.81. The summed E-state index contributed by atoms with van der Waals surface area (Å²) in [5.41, 5.74) is 7.16. The number of amidine groups is 2. The third-order valence-electron chi connectivity index (χ3n) is 9.82. The van der Waals surface area contributed by atoms with Crippen molar-refractivity contribution < 1.29 is 0 Å². The van der Waals surface area contributed by atoms with E-state index in [4.69, 9.17) is 15.4 Å². The zero-order valence-corrected chi connectivity index (χ0v) is 28.4. The first-order valence-electron chi connectivity index (χ1n) is 17.5. The topological polar surface area (TPSA) is 48.6 Å². The molecule has 52 heavy (non-hydrogen) atoms. The second-order valence-corrected chi connectivity index (χ2v) is 13.0. The summed E-state index contributed by atoms with van der Waals surface area (Å²) in [5, 5.41) is 18.7. The maximum Gasteiger partial charge on any atom is 0.161 e. The maximum absolute atomic E-state index is 8.77. The minimum Gasteiger partial charge on any atom is -0.282 e. The molecule has 0 aliphatic heterocycles. The van der Waals surface area contributed by atoms with E-state index in [0.717, 1.165) is 22.3 Å². The van der Waals surface area contributed by atoms with Gasteiger partial charge in [-0.1, -0.05) is 182 Å².